The van der Waals surface area contributed by atoms with Gasteiger partial charge in [-0.25, -0.2) is 9.18 Å². The molecule has 3 rings (SSSR count). The molecule has 0 saturated heterocycles. The highest BCUT2D eigenvalue weighted by molar-refractivity contribution is 5.91. The molecular formula is C21H14F4O3. The number of carbonyl (C=O) groups excluding carboxylic acids is 1. The normalized spacial score (nSPS) is 11.1. The first-order valence-electron chi connectivity index (χ1n) is 8.19. The average molecular weight is 390 g/mol. The fourth-order valence-corrected chi connectivity index (χ4v) is 2.42. The molecule has 0 saturated carbocycles. The third-order valence-electron chi connectivity index (χ3n) is 3.81. The molecule has 0 aliphatic carbocycles. The van der Waals surface area contributed by atoms with E-state index in [2.05, 4.69) is 0 Å². The number of carbonyl (C=O) groups is 1. The summed E-state index contributed by atoms with van der Waals surface area (Å²) < 4.78 is 62.8. The molecule has 7 heteroatoms. The number of rotatable bonds is 5. The summed E-state index contributed by atoms with van der Waals surface area (Å²) >= 11 is 0. The van der Waals surface area contributed by atoms with Crippen LogP contribution in [-0.2, 0) is 12.8 Å². The van der Waals surface area contributed by atoms with Crippen molar-refractivity contribution in [3.05, 3.63) is 95.3 Å². The Hall–Kier alpha value is -3.35. The molecule has 0 bridgehead atoms. The minimum Gasteiger partial charge on any atom is -0.489 e. The molecule has 0 aliphatic rings. The fourth-order valence-electron chi connectivity index (χ4n) is 2.42. The largest absolute Gasteiger partial charge is 0.489 e. The van der Waals surface area contributed by atoms with E-state index in [1.54, 1.807) is 0 Å². The van der Waals surface area contributed by atoms with Gasteiger partial charge < -0.3 is 9.47 Å². The highest BCUT2D eigenvalue weighted by atomic mass is 19.4. The lowest BCUT2D eigenvalue weighted by atomic mass is 10.1. The van der Waals surface area contributed by atoms with Gasteiger partial charge in [-0.1, -0.05) is 36.4 Å². The number of ether oxygens (including phenoxy) is 2. The lowest BCUT2D eigenvalue weighted by molar-refractivity contribution is -0.140. The lowest BCUT2D eigenvalue weighted by Gasteiger charge is -2.11. The van der Waals surface area contributed by atoms with E-state index in [4.69, 9.17) is 9.47 Å². The summed E-state index contributed by atoms with van der Waals surface area (Å²) in [6.45, 7) is 0.343. The summed E-state index contributed by atoms with van der Waals surface area (Å²) in [4.78, 5) is 12.0. The Kier molecular flexibility index (Phi) is 5.63. The van der Waals surface area contributed by atoms with Crippen LogP contribution in [0.2, 0.25) is 0 Å². The van der Waals surface area contributed by atoms with Crippen molar-refractivity contribution in [3.63, 3.8) is 0 Å². The third kappa shape index (κ3) is 4.68. The summed E-state index contributed by atoms with van der Waals surface area (Å²) in [5.41, 5.74) is -1.34. The van der Waals surface area contributed by atoms with Gasteiger partial charge in [-0.15, -0.1) is 0 Å². The van der Waals surface area contributed by atoms with Gasteiger partial charge in [0.15, 0.2) is 0 Å². The van der Waals surface area contributed by atoms with Crippen LogP contribution in [-0.4, -0.2) is 5.97 Å². The van der Waals surface area contributed by atoms with Gasteiger partial charge in [-0.2, -0.15) is 13.2 Å². The first-order valence-corrected chi connectivity index (χ1v) is 8.19. The van der Waals surface area contributed by atoms with E-state index in [1.807, 2.05) is 30.3 Å². The van der Waals surface area contributed by atoms with Crippen LogP contribution in [0.25, 0.3) is 0 Å². The van der Waals surface area contributed by atoms with Gasteiger partial charge in [0.1, 0.15) is 23.9 Å². The maximum atomic E-state index is 14.0. The Morgan fingerprint density at radius 3 is 2.11 bits per heavy atom. The van der Waals surface area contributed by atoms with E-state index < -0.39 is 29.1 Å². The summed E-state index contributed by atoms with van der Waals surface area (Å²) in [5, 5.41) is 0. The van der Waals surface area contributed by atoms with E-state index >= 15 is 0 Å². The zero-order chi connectivity index (χ0) is 20.1. The zero-order valence-corrected chi connectivity index (χ0v) is 14.4. The highest BCUT2D eigenvalue weighted by Gasteiger charge is 2.36. The highest BCUT2D eigenvalue weighted by Crippen LogP contribution is 2.32. The first-order chi connectivity index (χ1) is 13.3. The molecule has 0 fully saturated rings. The van der Waals surface area contributed by atoms with Crippen molar-refractivity contribution in [2.45, 2.75) is 12.8 Å². The Morgan fingerprint density at radius 2 is 1.46 bits per heavy atom. The number of alkyl halides is 3. The van der Waals surface area contributed by atoms with Crippen molar-refractivity contribution in [3.8, 4) is 11.5 Å². The summed E-state index contributed by atoms with van der Waals surface area (Å²) in [6.07, 6.45) is -4.90. The molecule has 0 aromatic heterocycles. The van der Waals surface area contributed by atoms with Gasteiger partial charge in [0.2, 0.25) is 0 Å². The molecule has 0 radical (unpaired) electrons. The molecule has 0 amide bonds. The molecule has 0 N–H and O–H groups in total. The van der Waals surface area contributed by atoms with Crippen molar-refractivity contribution in [1.82, 2.24) is 0 Å². The molecule has 0 unspecified atom stereocenters. The Labute approximate surface area is 158 Å². The van der Waals surface area contributed by atoms with Gasteiger partial charge in [0, 0.05) is 0 Å². The van der Waals surface area contributed by atoms with Crippen molar-refractivity contribution in [1.29, 1.82) is 0 Å². The molecule has 0 heterocycles. The molecule has 3 aromatic rings. The van der Waals surface area contributed by atoms with Crippen LogP contribution >= 0.6 is 0 Å². The van der Waals surface area contributed by atoms with Crippen LogP contribution in [0.3, 0.4) is 0 Å². The van der Waals surface area contributed by atoms with Crippen molar-refractivity contribution in [2.24, 2.45) is 0 Å². The molecule has 28 heavy (non-hydrogen) atoms. The molecule has 144 valence electrons. The second kappa shape index (κ2) is 8.12. The second-order valence-corrected chi connectivity index (χ2v) is 5.80. The Morgan fingerprint density at radius 1 is 0.821 bits per heavy atom. The maximum absolute atomic E-state index is 14.0. The topological polar surface area (TPSA) is 35.5 Å². The number of esters is 1. The molecule has 0 atom stereocenters. The van der Waals surface area contributed by atoms with Crippen LogP contribution in [0.4, 0.5) is 17.6 Å². The van der Waals surface area contributed by atoms with Crippen molar-refractivity contribution >= 4 is 5.97 Å². The lowest BCUT2D eigenvalue weighted by Crippen LogP contribution is -2.15. The predicted molar refractivity (Wildman–Crippen MR) is 93.6 cm³/mol. The van der Waals surface area contributed by atoms with E-state index in [0.717, 1.165) is 17.7 Å². The van der Waals surface area contributed by atoms with E-state index in [9.17, 15) is 22.4 Å². The van der Waals surface area contributed by atoms with Crippen LogP contribution < -0.4 is 9.47 Å². The Balaban J connectivity index is 1.66. The molecule has 0 spiro atoms. The molecule has 3 nitrogen and oxygen atoms in total. The SMILES string of the molecule is O=C(Oc1ccc(OCc2ccccc2)cc1)c1cccc(C(F)(F)F)c1F. The Bertz CT molecular complexity index is 952. The van der Waals surface area contributed by atoms with Crippen LogP contribution in [0, 0.1) is 5.82 Å². The molecule has 0 aliphatic heterocycles. The predicted octanol–water partition coefficient (Wildman–Crippen LogP) is 5.64. The monoisotopic (exact) mass is 390 g/mol. The van der Waals surface area contributed by atoms with Crippen LogP contribution in [0.1, 0.15) is 21.5 Å². The van der Waals surface area contributed by atoms with E-state index in [-0.39, 0.29) is 5.75 Å². The van der Waals surface area contributed by atoms with E-state index in [1.165, 1.54) is 24.3 Å². The minimum atomic E-state index is -4.90. The van der Waals surface area contributed by atoms with Gasteiger partial charge in [0.05, 0.1) is 11.1 Å². The quantitative estimate of drug-likeness (QED) is 0.321. The van der Waals surface area contributed by atoms with Gasteiger partial charge in [-0.05, 0) is 42.0 Å². The van der Waals surface area contributed by atoms with Gasteiger partial charge >= 0.3 is 12.1 Å². The van der Waals surface area contributed by atoms with Gasteiger partial charge in [-0.3, -0.25) is 0 Å². The number of hydrogen-bond donors (Lipinski definition) is 0. The van der Waals surface area contributed by atoms with E-state index in [0.29, 0.717) is 18.4 Å². The van der Waals surface area contributed by atoms with Crippen LogP contribution in [0.15, 0.2) is 72.8 Å². The summed E-state index contributed by atoms with van der Waals surface area (Å²) in [6, 6.07) is 17.8. The summed E-state index contributed by atoms with van der Waals surface area (Å²) in [5.74, 6) is -2.33. The number of hydrogen-bond acceptors (Lipinski definition) is 3. The second-order valence-electron chi connectivity index (χ2n) is 5.80. The average Bonchev–Trinajstić information content (AvgIpc) is 2.67. The standard InChI is InChI=1S/C21H14F4O3/c22-19-17(7-4-8-18(19)21(23,24)25)20(26)28-16-11-9-15(10-12-16)27-13-14-5-2-1-3-6-14/h1-12H,13H2. The van der Waals surface area contributed by atoms with Crippen molar-refractivity contribution < 1.29 is 31.8 Å². The number of benzene rings is 3. The van der Waals surface area contributed by atoms with Crippen molar-refractivity contribution in [2.75, 3.05) is 0 Å². The zero-order valence-electron chi connectivity index (χ0n) is 14.4. The van der Waals surface area contributed by atoms with Gasteiger partial charge in [0.25, 0.3) is 0 Å². The number of halogens is 4. The first kappa shape index (κ1) is 19.4. The minimum absolute atomic E-state index is 0.0499. The maximum Gasteiger partial charge on any atom is 0.419 e. The molecule has 3 aromatic carbocycles. The fraction of sp³-hybridized carbons (Fsp3) is 0.0952. The molecular weight excluding hydrogens is 376 g/mol. The summed E-state index contributed by atoms with van der Waals surface area (Å²) in [7, 11) is 0. The third-order valence-corrected chi connectivity index (χ3v) is 3.81. The smallest absolute Gasteiger partial charge is 0.419 e. The van der Waals surface area contributed by atoms with Crippen LogP contribution in [0.5, 0.6) is 11.5 Å².